The van der Waals surface area contributed by atoms with Crippen molar-refractivity contribution in [3.05, 3.63) is 28.6 Å². The van der Waals surface area contributed by atoms with Gasteiger partial charge in [-0.1, -0.05) is 6.08 Å². The number of hydrogen-bond donors (Lipinski definition) is 1. The minimum absolute atomic E-state index is 0.546. The Kier molecular flexibility index (Phi) is 2.91. The molecule has 0 amide bonds. The van der Waals surface area contributed by atoms with Gasteiger partial charge in [-0.2, -0.15) is 0 Å². The van der Waals surface area contributed by atoms with Crippen LogP contribution in [0.5, 0.6) is 0 Å². The van der Waals surface area contributed by atoms with Crippen molar-refractivity contribution in [2.75, 3.05) is 6.54 Å². The second-order valence-corrected chi connectivity index (χ2v) is 3.01. The predicted octanol–water partition coefficient (Wildman–Crippen LogP) is 2.40. The summed E-state index contributed by atoms with van der Waals surface area (Å²) in [5.41, 5.74) is 6.41. The fourth-order valence-corrected chi connectivity index (χ4v) is 1.11. The van der Waals surface area contributed by atoms with E-state index in [0.29, 0.717) is 6.54 Å². The molecule has 3 heteroatoms. The molecule has 0 saturated heterocycles. The summed E-state index contributed by atoms with van der Waals surface area (Å²) in [6.07, 6.45) is 1.92. The first-order valence-electron chi connectivity index (χ1n) is 3.36. The summed E-state index contributed by atoms with van der Waals surface area (Å²) < 4.78 is 6.04. The Labute approximate surface area is 74.2 Å². The highest BCUT2D eigenvalue weighted by molar-refractivity contribution is 9.10. The number of hydrogen-bond acceptors (Lipinski definition) is 2. The molecule has 0 bridgehead atoms. The van der Waals surface area contributed by atoms with E-state index in [1.807, 2.05) is 25.1 Å². The van der Waals surface area contributed by atoms with E-state index in [-0.39, 0.29) is 0 Å². The average Bonchev–Trinajstić information content (AvgIpc) is 2.36. The van der Waals surface area contributed by atoms with Gasteiger partial charge < -0.3 is 10.2 Å². The van der Waals surface area contributed by atoms with E-state index in [9.17, 15) is 0 Å². The van der Waals surface area contributed by atoms with Crippen LogP contribution < -0.4 is 5.73 Å². The minimum atomic E-state index is 0.546. The minimum Gasteiger partial charge on any atom is -0.450 e. The first-order valence-corrected chi connectivity index (χ1v) is 4.16. The molecule has 11 heavy (non-hydrogen) atoms. The highest BCUT2D eigenvalue weighted by Crippen LogP contribution is 2.20. The zero-order valence-electron chi connectivity index (χ0n) is 6.30. The topological polar surface area (TPSA) is 39.2 Å². The average molecular weight is 216 g/mol. The molecule has 1 aromatic heterocycles. The van der Waals surface area contributed by atoms with Crippen LogP contribution in [0.1, 0.15) is 12.7 Å². The Bertz CT molecular complexity index is 265. The largest absolute Gasteiger partial charge is 0.450 e. The molecule has 1 aromatic rings. The summed E-state index contributed by atoms with van der Waals surface area (Å²) in [5, 5.41) is 0. The van der Waals surface area contributed by atoms with Gasteiger partial charge in [0.2, 0.25) is 0 Å². The summed E-state index contributed by atoms with van der Waals surface area (Å²) in [6, 6.07) is 3.77. The summed E-state index contributed by atoms with van der Waals surface area (Å²) in [6.45, 7) is 2.52. The summed E-state index contributed by atoms with van der Waals surface area (Å²) in [5.74, 6) is 0.863. The Morgan fingerprint density at radius 2 is 2.45 bits per heavy atom. The fraction of sp³-hybridized carbons (Fsp3) is 0.250. The van der Waals surface area contributed by atoms with Crippen LogP contribution >= 0.6 is 15.9 Å². The zero-order valence-corrected chi connectivity index (χ0v) is 7.89. The number of allylic oxidation sites excluding steroid dienone is 1. The smallest absolute Gasteiger partial charge is 0.169 e. The predicted molar refractivity (Wildman–Crippen MR) is 49.1 cm³/mol. The van der Waals surface area contributed by atoms with Gasteiger partial charge in [-0.25, -0.2) is 0 Å². The summed E-state index contributed by atoms with van der Waals surface area (Å²) in [4.78, 5) is 0. The lowest BCUT2D eigenvalue weighted by Crippen LogP contribution is -1.93. The monoisotopic (exact) mass is 215 g/mol. The van der Waals surface area contributed by atoms with E-state index in [1.54, 1.807) is 0 Å². The molecule has 0 fully saturated rings. The van der Waals surface area contributed by atoms with Gasteiger partial charge in [0, 0.05) is 6.54 Å². The fourth-order valence-electron chi connectivity index (χ4n) is 0.804. The van der Waals surface area contributed by atoms with E-state index in [4.69, 9.17) is 10.2 Å². The van der Waals surface area contributed by atoms with E-state index in [2.05, 4.69) is 15.9 Å². The maximum Gasteiger partial charge on any atom is 0.169 e. The van der Waals surface area contributed by atoms with Gasteiger partial charge in [0.25, 0.3) is 0 Å². The number of halogens is 1. The van der Waals surface area contributed by atoms with Gasteiger partial charge in [-0.05, 0) is 40.6 Å². The molecular weight excluding hydrogens is 206 g/mol. The lowest BCUT2D eigenvalue weighted by molar-refractivity contribution is 0.527. The van der Waals surface area contributed by atoms with Crippen LogP contribution in [0.25, 0.3) is 5.57 Å². The van der Waals surface area contributed by atoms with Gasteiger partial charge in [0.05, 0.1) is 0 Å². The van der Waals surface area contributed by atoms with Crippen molar-refractivity contribution >= 4 is 21.5 Å². The third-order valence-electron chi connectivity index (χ3n) is 1.39. The molecule has 0 atom stereocenters. The first-order chi connectivity index (χ1) is 5.24. The maximum absolute atomic E-state index is 5.34. The molecular formula is C8H10BrNO. The second-order valence-electron chi connectivity index (χ2n) is 2.23. The maximum atomic E-state index is 5.34. The van der Waals surface area contributed by atoms with Gasteiger partial charge >= 0.3 is 0 Å². The Morgan fingerprint density at radius 3 is 2.91 bits per heavy atom. The summed E-state index contributed by atoms with van der Waals surface area (Å²) in [7, 11) is 0. The highest BCUT2D eigenvalue weighted by atomic mass is 79.9. The molecule has 0 aliphatic carbocycles. The van der Waals surface area contributed by atoms with Gasteiger partial charge in [0.15, 0.2) is 4.67 Å². The normalized spacial score (nSPS) is 12.1. The van der Waals surface area contributed by atoms with Crippen LogP contribution in [0, 0.1) is 0 Å². The number of furan rings is 1. The summed E-state index contributed by atoms with van der Waals surface area (Å²) >= 11 is 3.23. The van der Waals surface area contributed by atoms with Crippen LogP contribution in [0.15, 0.2) is 27.3 Å². The van der Waals surface area contributed by atoms with E-state index in [1.165, 1.54) is 0 Å². The van der Waals surface area contributed by atoms with Crippen molar-refractivity contribution in [1.29, 1.82) is 0 Å². The SMILES string of the molecule is C/C(=C/CN)c1ccc(Br)o1. The lowest BCUT2D eigenvalue weighted by Gasteiger charge is -1.92. The molecule has 1 heterocycles. The van der Waals surface area contributed by atoms with Crippen molar-refractivity contribution in [1.82, 2.24) is 0 Å². The zero-order chi connectivity index (χ0) is 8.27. The molecule has 60 valence electrons. The molecule has 0 spiro atoms. The van der Waals surface area contributed by atoms with Crippen LogP contribution in [0.4, 0.5) is 0 Å². The molecule has 0 saturated carbocycles. The number of nitrogens with two attached hydrogens (primary N) is 1. The third kappa shape index (κ3) is 2.20. The van der Waals surface area contributed by atoms with Crippen molar-refractivity contribution in [3.63, 3.8) is 0 Å². The van der Waals surface area contributed by atoms with E-state index in [0.717, 1.165) is 16.0 Å². The van der Waals surface area contributed by atoms with E-state index < -0.39 is 0 Å². The molecule has 2 N–H and O–H groups in total. The van der Waals surface area contributed by atoms with Crippen molar-refractivity contribution in [2.45, 2.75) is 6.92 Å². The first kappa shape index (κ1) is 8.56. The lowest BCUT2D eigenvalue weighted by atomic mass is 10.2. The van der Waals surface area contributed by atoms with Crippen LogP contribution in [-0.4, -0.2) is 6.54 Å². The van der Waals surface area contributed by atoms with Crippen molar-refractivity contribution in [3.8, 4) is 0 Å². The molecule has 0 unspecified atom stereocenters. The van der Waals surface area contributed by atoms with Crippen LogP contribution in [-0.2, 0) is 0 Å². The van der Waals surface area contributed by atoms with Crippen LogP contribution in [0.2, 0.25) is 0 Å². The van der Waals surface area contributed by atoms with Crippen LogP contribution in [0.3, 0.4) is 0 Å². The highest BCUT2D eigenvalue weighted by Gasteiger charge is 1.99. The van der Waals surface area contributed by atoms with Gasteiger partial charge in [0.1, 0.15) is 5.76 Å². The Balaban J connectivity index is 2.84. The van der Waals surface area contributed by atoms with Crippen molar-refractivity contribution in [2.24, 2.45) is 5.73 Å². The molecule has 0 aliphatic heterocycles. The third-order valence-corrected chi connectivity index (χ3v) is 1.81. The van der Waals surface area contributed by atoms with Gasteiger partial charge in [-0.15, -0.1) is 0 Å². The second kappa shape index (κ2) is 3.74. The Hall–Kier alpha value is -0.540. The van der Waals surface area contributed by atoms with Crippen molar-refractivity contribution < 1.29 is 4.42 Å². The Morgan fingerprint density at radius 1 is 1.73 bits per heavy atom. The molecule has 2 nitrogen and oxygen atoms in total. The van der Waals surface area contributed by atoms with E-state index >= 15 is 0 Å². The quantitative estimate of drug-likeness (QED) is 0.824. The molecule has 0 radical (unpaired) electrons. The number of rotatable bonds is 2. The standard InChI is InChI=1S/C8H10BrNO/c1-6(4-5-10)7-2-3-8(9)11-7/h2-4H,5,10H2,1H3/b6-4-. The van der Waals surface area contributed by atoms with Gasteiger partial charge in [-0.3, -0.25) is 0 Å². The molecule has 1 rings (SSSR count). The molecule has 0 aromatic carbocycles. The molecule has 0 aliphatic rings.